The van der Waals surface area contributed by atoms with E-state index in [-0.39, 0.29) is 0 Å². The quantitative estimate of drug-likeness (QED) is 0.643. The fourth-order valence-corrected chi connectivity index (χ4v) is 2.11. The average molecular weight is 170 g/mol. The van der Waals surface area contributed by atoms with Gasteiger partial charge < -0.3 is 0 Å². The first-order valence-corrected chi connectivity index (χ1v) is 5.34. The highest BCUT2D eigenvalue weighted by Crippen LogP contribution is 2.19. The van der Waals surface area contributed by atoms with Crippen molar-refractivity contribution in [1.82, 2.24) is 4.90 Å². The fraction of sp³-hybridized carbons (Fsp3) is 0.875. The Morgan fingerprint density at radius 3 is 3.18 bits per heavy atom. The van der Waals surface area contributed by atoms with Crippen molar-refractivity contribution in [2.75, 3.05) is 25.2 Å². The Balaban J connectivity index is 2.19. The van der Waals surface area contributed by atoms with Crippen LogP contribution in [-0.2, 0) is 0 Å². The molecule has 0 N–H and O–H groups in total. The maximum atomic E-state index is 8.47. The molecule has 0 aromatic heterocycles. The molecular weight excluding hydrogens is 156 g/mol. The summed E-state index contributed by atoms with van der Waals surface area (Å²) in [5.41, 5.74) is 0. The summed E-state index contributed by atoms with van der Waals surface area (Å²) in [7, 11) is 0. The van der Waals surface area contributed by atoms with E-state index in [4.69, 9.17) is 5.26 Å². The Hall–Kier alpha value is -0.200. The lowest BCUT2D eigenvalue weighted by atomic mass is 10.1. The first kappa shape index (κ1) is 8.89. The molecule has 0 spiro atoms. The summed E-state index contributed by atoms with van der Waals surface area (Å²) in [4.78, 5) is 2.42. The van der Waals surface area contributed by atoms with Crippen molar-refractivity contribution in [1.29, 1.82) is 5.26 Å². The van der Waals surface area contributed by atoms with Crippen LogP contribution >= 0.6 is 11.8 Å². The largest absolute Gasteiger partial charge is 0.294 e. The van der Waals surface area contributed by atoms with E-state index in [1.165, 1.54) is 13.0 Å². The van der Waals surface area contributed by atoms with Crippen LogP contribution in [0.15, 0.2) is 0 Å². The predicted molar refractivity (Wildman–Crippen MR) is 48.3 cm³/mol. The van der Waals surface area contributed by atoms with Crippen LogP contribution in [0.4, 0.5) is 0 Å². The molecule has 1 fully saturated rings. The molecule has 1 heterocycles. The van der Waals surface area contributed by atoms with Gasteiger partial charge in [0.15, 0.2) is 0 Å². The first-order valence-electron chi connectivity index (χ1n) is 3.95. The van der Waals surface area contributed by atoms with Gasteiger partial charge in [0, 0.05) is 18.8 Å². The van der Waals surface area contributed by atoms with E-state index in [1.807, 2.05) is 11.8 Å². The summed E-state index contributed by atoms with van der Waals surface area (Å²) < 4.78 is 0. The third-order valence-corrected chi connectivity index (χ3v) is 2.68. The van der Waals surface area contributed by atoms with Gasteiger partial charge in [-0.2, -0.15) is 5.26 Å². The molecule has 3 heteroatoms. The van der Waals surface area contributed by atoms with Gasteiger partial charge in [0.05, 0.1) is 6.07 Å². The van der Waals surface area contributed by atoms with E-state index in [0.717, 1.165) is 18.8 Å². The monoisotopic (exact) mass is 170 g/mol. The Morgan fingerprint density at radius 2 is 2.55 bits per heavy atom. The van der Waals surface area contributed by atoms with Gasteiger partial charge >= 0.3 is 0 Å². The SMILES string of the molecule is CSCN1CCC(CC#N)C1. The van der Waals surface area contributed by atoms with Gasteiger partial charge in [0.25, 0.3) is 0 Å². The van der Waals surface area contributed by atoms with E-state index in [0.29, 0.717) is 5.92 Å². The number of hydrogen-bond donors (Lipinski definition) is 0. The minimum atomic E-state index is 0.646. The summed E-state index contributed by atoms with van der Waals surface area (Å²) in [5, 5.41) is 8.47. The van der Waals surface area contributed by atoms with Crippen molar-refractivity contribution in [2.24, 2.45) is 5.92 Å². The standard InChI is InChI=1S/C8H14N2S/c1-11-7-10-5-3-8(6-10)2-4-9/h8H,2-3,5-7H2,1H3. The number of thioether (sulfide) groups is 1. The molecule has 0 radical (unpaired) electrons. The smallest absolute Gasteiger partial charge is 0.0625 e. The van der Waals surface area contributed by atoms with E-state index in [9.17, 15) is 0 Å². The zero-order valence-electron chi connectivity index (χ0n) is 6.92. The minimum Gasteiger partial charge on any atom is -0.294 e. The molecule has 1 atom stereocenters. The molecule has 0 aromatic rings. The van der Waals surface area contributed by atoms with Crippen molar-refractivity contribution in [3.8, 4) is 6.07 Å². The molecule has 62 valence electrons. The van der Waals surface area contributed by atoms with Crippen molar-refractivity contribution >= 4 is 11.8 Å². The summed E-state index contributed by atoms with van der Waals surface area (Å²) >= 11 is 1.86. The fourth-order valence-electron chi connectivity index (χ4n) is 1.51. The van der Waals surface area contributed by atoms with Gasteiger partial charge in [-0.1, -0.05) is 0 Å². The number of nitriles is 1. The van der Waals surface area contributed by atoms with Gasteiger partial charge in [-0.05, 0) is 25.1 Å². The first-order chi connectivity index (χ1) is 5.36. The summed E-state index contributed by atoms with van der Waals surface area (Å²) in [6.07, 6.45) is 4.08. The molecule has 0 aromatic carbocycles. The van der Waals surface area contributed by atoms with E-state index < -0.39 is 0 Å². The minimum absolute atomic E-state index is 0.646. The highest BCUT2D eigenvalue weighted by molar-refractivity contribution is 7.98. The second-order valence-corrected chi connectivity index (χ2v) is 3.85. The van der Waals surface area contributed by atoms with Gasteiger partial charge in [-0.3, -0.25) is 4.90 Å². The van der Waals surface area contributed by atoms with Crippen LogP contribution in [-0.4, -0.2) is 30.1 Å². The molecule has 0 bridgehead atoms. The van der Waals surface area contributed by atoms with Crippen LogP contribution in [0, 0.1) is 17.2 Å². The van der Waals surface area contributed by atoms with Gasteiger partial charge in [-0.15, -0.1) is 11.8 Å². The van der Waals surface area contributed by atoms with Crippen molar-refractivity contribution in [3.63, 3.8) is 0 Å². The van der Waals surface area contributed by atoms with Gasteiger partial charge in [0.2, 0.25) is 0 Å². The molecule has 1 saturated heterocycles. The van der Waals surface area contributed by atoms with Crippen molar-refractivity contribution in [3.05, 3.63) is 0 Å². The third-order valence-electron chi connectivity index (χ3n) is 2.06. The van der Waals surface area contributed by atoms with Crippen molar-refractivity contribution in [2.45, 2.75) is 12.8 Å². The van der Waals surface area contributed by atoms with Crippen LogP contribution in [0.3, 0.4) is 0 Å². The topological polar surface area (TPSA) is 27.0 Å². The molecule has 1 aliphatic heterocycles. The molecule has 1 unspecified atom stereocenters. The van der Waals surface area contributed by atoms with Crippen LogP contribution in [0.5, 0.6) is 0 Å². The van der Waals surface area contributed by atoms with Gasteiger partial charge in [0.1, 0.15) is 0 Å². The number of likely N-dealkylation sites (tertiary alicyclic amines) is 1. The Bertz CT molecular complexity index is 153. The molecule has 2 nitrogen and oxygen atoms in total. The Labute approximate surface area is 72.6 Å². The summed E-state index contributed by atoms with van der Waals surface area (Å²) in [5.74, 6) is 1.77. The molecule has 0 saturated carbocycles. The second kappa shape index (κ2) is 4.63. The molecular formula is C8H14N2S. The Morgan fingerprint density at radius 1 is 1.73 bits per heavy atom. The highest BCUT2D eigenvalue weighted by atomic mass is 32.2. The lowest BCUT2D eigenvalue weighted by molar-refractivity contribution is 0.382. The highest BCUT2D eigenvalue weighted by Gasteiger charge is 2.20. The van der Waals surface area contributed by atoms with Crippen LogP contribution in [0.1, 0.15) is 12.8 Å². The normalized spacial score (nSPS) is 25.3. The molecule has 1 aliphatic rings. The third kappa shape index (κ3) is 2.72. The van der Waals surface area contributed by atoms with Crippen molar-refractivity contribution < 1.29 is 0 Å². The summed E-state index contributed by atoms with van der Waals surface area (Å²) in [6.45, 7) is 2.32. The summed E-state index contributed by atoms with van der Waals surface area (Å²) in [6, 6.07) is 2.24. The van der Waals surface area contributed by atoms with E-state index in [1.54, 1.807) is 0 Å². The molecule has 0 aliphatic carbocycles. The maximum absolute atomic E-state index is 8.47. The van der Waals surface area contributed by atoms with Gasteiger partial charge in [-0.25, -0.2) is 0 Å². The van der Waals surface area contributed by atoms with Crippen LogP contribution in [0.25, 0.3) is 0 Å². The predicted octanol–water partition coefficient (Wildman–Crippen LogP) is 1.54. The zero-order valence-corrected chi connectivity index (χ0v) is 7.73. The van der Waals surface area contributed by atoms with E-state index in [2.05, 4.69) is 17.2 Å². The number of rotatable bonds is 3. The van der Waals surface area contributed by atoms with Crippen LogP contribution in [0.2, 0.25) is 0 Å². The lowest BCUT2D eigenvalue weighted by Gasteiger charge is -2.12. The van der Waals surface area contributed by atoms with Crippen LogP contribution < -0.4 is 0 Å². The molecule has 11 heavy (non-hydrogen) atoms. The molecule has 1 rings (SSSR count). The average Bonchev–Trinajstić information content (AvgIpc) is 2.38. The number of nitrogens with zero attached hydrogens (tertiary/aromatic N) is 2. The zero-order chi connectivity index (χ0) is 8.10. The second-order valence-electron chi connectivity index (χ2n) is 3.01. The lowest BCUT2D eigenvalue weighted by Crippen LogP contribution is -2.19. The molecule has 0 amide bonds. The Kier molecular flexibility index (Phi) is 3.74. The maximum Gasteiger partial charge on any atom is 0.0625 e. The number of hydrogen-bond acceptors (Lipinski definition) is 3. The van der Waals surface area contributed by atoms with E-state index >= 15 is 0 Å².